The minimum atomic E-state index is -0.526. The van der Waals surface area contributed by atoms with Crippen LogP contribution in [0.2, 0.25) is 10.0 Å². The number of rotatable bonds is 3. The number of carbonyl (C=O) groups excluding carboxylic acids is 2. The van der Waals surface area contributed by atoms with Gasteiger partial charge in [-0.05, 0) is 57.7 Å². The molecule has 1 aliphatic heterocycles. The number of benzene rings is 1. The second-order valence-corrected chi connectivity index (χ2v) is 8.78. The van der Waals surface area contributed by atoms with Crippen LogP contribution in [-0.4, -0.2) is 54.2 Å². The molecule has 1 atom stereocenters. The average molecular weight is 416 g/mol. The van der Waals surface area contributed by atoms with Gasteiger partial charge in [0.1, 0.15) is 5.60 Å². The summed E-state index contributed by atoms with van der Waals surface area (Å²) in [6, 6.07) is 4.73. The number of nitrogens with zero attached hydrogens (tertiary/aromatic N) is 2. The van der Waals surface area contributed by atoms with E-state index in [1.54, 1.807) is 35.0 Å². The first-order chi connectivity index (χ1) is 12.5. The fourth-order valence-electron chi connectivity index (χ4n) is 3.03. The molecule has 3 amide bonds. The molecule has 0 aromatic heterocycles. The van der Waals surface area contributed by atoms with E-state index in [1.165, 1.54) is 0 Å². The summed E-state index contributed by atoms with van der Waals surface area (Å²) >= 11 is 12.0. The van der Waals surface area contributed by atoms with Gasteiger partial charge < -0.3 is 19.9 Å². The second kappa shape index (κ2) is 9.02. The summed E-state index contributed by atoms with van der Waals surface area (Å²) in [5.41, 5.74) is 0.0349. The van der Waals surface area contributed by atoms with Gasteiger partial charge >= 0.3 is 12.1 Å². The summed E-state index contributed by atoms with van der Waals surface area (Å²) in [5, 5.41) is 3.77. The Labute approximate surface area is 170 Å². The number of urea groups is 1. The van der Waals surface area contributed by atoms with E-state index in [-0.39, 0.29) is 18.0 Å². The molecule has 0 aliphatic carbocycles. The van der Waals surface area contributed by atoms with Crippen LogP contribution in [-0.2, 0) is 4.74 Å². The van der Waals surface area contributed by atoms with Gasteiger partial charge in [-0.1, -0.05) is 23.2 Å². The van der Waals surface area contributed by atoms with Gasteiger partial charge in [-0.2, -0.15) is 0 Å². The summed E-state index contributed by atoms with van der Waals surface area (Å²) in [4.78, 5) is 28.0. The van der Waals surface area contributed by atoms with Crippen molar-refractivity contribution in [3.8, 4) is 0 Å². The highest BCUT2D eigenvalue weighted by atomic mass is 35.5. The van der Waals surface area contributed by atoms with Gasteiger partial charge in [-0.15, -0.1) is 0 Å². The number of hydrogen-bond donors (Lipinski definition) is 1. The van der Waals surface area contributed by atoms with Crippen molar-refractivity contribution in [2.24, 2.45) is 5.92 Å². The number of anilines is 1. The predicted molar refractivity (Wildman–Crippen MR) is 109 cm³/mol. The van der Waals surface area contributed by atoms with Crippen molar-refractivity contribution >= 4 is 41.0 Å². The van der Waals surface area contributed by atoms with Crippen LogP contribution in [0.4, 0.5) is 15.3 Å². The number of piperidine rings is 1. The largest absolute Gasteiger partial charge is 0.444 e. The number of ether oxygens (including phenoxy) is 1. The lowest BCUT2D eigenvalue weighted by molar-refractivity contribution is 0.0253. The van der Waals surface area contributed by atoms with Crippen molar-refractivity contribution in [2.75, 3.05) is 32.0 Å². The quantitative estimate of drug-likeness (QED) is 0.746. The standard InChI is InChI=1S/C19H27Cl2N3O3/c1-19(2,3)27-18(26)23(4)11-13-6-5-7-24(12-13)17(25)22-16-9-14(20)8-15(21)10-16/h8-10,13H,5-7,11-12H2,1-4H3,(H,22,25). The Morgan fingerprint density at radius 2 is 1.89 bits per heavy atom. The Hall–Kier alpha value is -1.66. The van der Waals surface area contributed by atoms with Crippen LogP contribution in [0, 0.1) is 5.92 Å². The molecule has 6 nitrogen and oxygen atoms in total. The van der Waals surface area contributed by atoms with E-state index in [2.05, 4.69) is 5.32 Å². The first-order valence-electron chi connectivity index (χ1n) is 8.99. The third-order valence-electron chi connectivity index (χ3n) is 4.16. The predicted octanol–water partition coefficient (Wildman–Crippen LogP) is 5.10. The zero-order chi connectivity index (χ0) is 20.2. The molecular formula is C19H27Cl2N3O3. The van der Waals surface area contributed by atoms with Crippen molar-refractivity contribution < 1.29 is 14.3 Å². The van der Waals surface area contributed by atoms with Gasteiger partial charge in [0.05, 0.1) is 0 Å². The minimum Gasteiger partial charge on any atom is -0.444 e. The first kappa shape index (κ1) is 21.6. The number of amides is 3. The zero-order valence-corrected chi connectivity index (χ0v) is 17.7. The number of likely N-dealkylation sites (tertiary alicyclic amines) is 1. The molecule has 1 fully saturated rings. The van der Waals surface area contributed by atoms with Crippen molar-refractivity contribution in [2.45, 2.75) is 39.2 Å². The lowest BCUT2D eigenvalue weighted by atomic mass is 9.98. The molecule has 150 valence electrons. The van der Waals surface area contributed by atoms with Gasteiger partial charge in [0, 0.05) is 42.4 Å². The summed E-state index contributed by atoms with van der Waals surface area (Å²) < 4.78 is 5.39. The van der Waals surface area contributed by atoms with E-state index < -0.39 is 5.60 Å². The van der Waals surface area contributed by atoms with E-state index >= 15 is 0 Å². The maximum atomic E-state index is 12.6. The third-order valence-corrected chi connectivity index (χ3v) is 4.59. The molecule has 1 aromatic rings. The summed E-state index contributed by atoms with van der Waals surface area (Å²) in [7, 11) is 1.72. The third kappa shape index (κ3) is 7.11. The van der Waals surface area contributed by atoms with Gasteiger partial charge in [0.25, 0.3) is 0 Å². The van der Waals surface area contributed by atoms with Crippen LogP contribution in [0.1, 0.15) is 33.6 Å². The molecule has 0 bridgehead atoms. The molecule has 1 aromatic carbocycles. The van der Waals surface area contributed by atoms with E-state index in [0.29, 0.717) is 35.4 Å². The number of hydrogen-bond acceptors (Lipinski definition) is 3. The fourth-order valence-corrected chi connectivity index (χ4v) is 3.55. The smallest absolute Gasteiger partial charge is 0.410 e. The summed E-state index contributed by atoms with van der Waals surface area (Å²) in [5.74, 6) is 0.199. The molecule has 0 radical (unpaired) electrons. The maximum Gasteiger partial charge on any atom is 0.410 e. The molecule has 27 heavy (non-hydrogen) atoms. The van der Waals surface area contributed by atoms with E-state index in [0.717, 1.165) is 12.8 Å². The highest BCUT2D eigenvalue weighted by molar-refractivity contribution is 6.35. The van der Waals surface area contributed by atoms with Crippen molar-refractivity contribution in [1.82, 2.24) is 9.80 Å². The van der Waals surface area contributed by atoms with Crippen LogP contribution in [0.5, 0.6) is 0 Å². The van der Waals surface area contributed by atoms with Gasteiger partial charge in [-0.3, -0.25) is 0 Å². The molecule has 1 heterocycles. The normalized spacial score (nSPS) is 17.4. The van der Waals surface area contributed by atoms with E-state index in [9.17, 15) is 9.59 Å². The molecule has 1 aliphatic rings. The van der Waals surface area contributed by atoms with Crippen LogP contribution < -0.4 is 5.32 Å². The van der Waals surface area contributed by atoms with Crippen LogP contribution in [0.25, 0.3) is 0 Å². The topological polar surface area (TPSA) is 61.9 Å². The molecule has 1 saturated heterocycles. The van der Waals surface area contributed by atoms with Gasteiger partial charge in [0.2, 0.25) is 0 Å². The Morgan fingerprint density at radius 1 is 1.26 bits per heavy atom. The average Bonchev–Trinajstić information content (AvgIpc) is 2.52. The van der Waals surface area contributed by atoms with Crippen molar-refractivity contribution in [3.63, 3.8) is 0 Å². The minimum absolute atomic E-state index is 0.196. The maximum absolute atomic E-state index is 12.6. The van der Waals surface area contributed by atoms with Crippen LogP contribution in [0.15, 0.2) is 18.2 Å². The first-order valence-corrected chi connectivity index (χ1v) is 9.75. The lowest BCUT2D eigenvalue weighted by Crippen LogP contribution is -2.46. The Morgan fingerprint density at radius 3 is 2.48 bits per heavy atom. The molecule has 8 heteroatoms. The van der Waals surface area contributed by atoms with E-state index in [4.69, 9.17) is 27.9 Å². The van der Waals surface area contributed by atoms with Gasteiger partial charge in [-0.25, -0.2) is 9.59 Å². The number of halogens is 2. The molecule has 0 spiro atoms. The fraction of sp³-hybridized carbons (Fsp3) is 0.579. The molecule has 2 rings (SSSR count). The summed E-state index contributed by atoms with van der Waals surface area (Å²) in [6.07, 6.45) is 1.49. The van der Waals surface area contributed by atoms with Crippen LogP contribution in [0.3, 0.4) is 0 Å². The number of carbonyl (C=O) groups is 2. The van der Waals surface area contributed by atoms with E-state index in [1.807, 2.05) is 20.8 Å². The molecular weight excluding hydrogens is 389 g/mol. The molecule has 1 unspecified atom stereocenters. The monoisotopic (exact) mass is 415 g/mol. The molecule has 0 saturated carbocycles. The van der Waals surface area contributed by atoms with Crippen molar-refractivity contribution in [3.05, 3.63) is 28.2 Å². The zero-order valence-electron chi connectivity index (χ0n) is 16.2. The van der Waals surface area contributed by atoms with Crippen molar-refractivity contribution in [1.29, 1.82) is 0 Å². The SMILES string of the molecule is CN(CC1CCCN(C(=O)Nc2cc(Cl)cc(Cl)c2)C1)C(=O)OC(C)(C)C. The highest BCUT2D eigenvalue weighted by Gasteiger charge is 2.27. The number of nitrogens with one attached hydrogen (secondary N) is 1. The summed E-state index contributed by atoms with van der Waals surface area (Å²) in [6.45, 7) is 7.32. The Bertz CT molecular complexity index is 671. The highest BCUT2D eigenvalue weighted by Crippen LogP contribution is 2.24. The second-order valence-electron chi connectivity index (χ2n) is 7.90. The lowest BCUT2D eigenvalue weighted by Gasteiger charge is -2.35. The Balaban J connectivity index is 1.91. The Kier molecular flexibility index (Phi) is 7.23. The van der Waals surface area contributed by atoms with Crippen LogP contribution >= 0.6 is 23.2 Å². The molecule has 1 N–H and O–H groups in total. The van der Waals surface area contributed by atoms with Gasteiger partial charge in [0.15, 0.2) is 0 Å².